The summed E-state index contributed by atoms with van der Waals surface area (Å²) in [6.45, 7) is 2.54. The molecule has 0 unspecified atom stereocenters. The zero-order valence-corrected chi connectivity index (χ0v) is 15.9. The fourth-order valence-corrected chi connectivity index (χ4v) is 3.98. The maximum absolute atomic E-state index is 12.7. The van der Waals surface area contributed by atoms with Crippen molar-refractivity contribution in [3.05, 3.63) is 70.8 Å². The van der Waals surface area contributed by atoms with Crippen molar-refractivity contribution >= 4 is 17.7 Å². The van der Waals surface area contributed by atoms with Crippen molar-refractivity contribution in [3.8, 4) is 0 Å². The third-order valence-corrected chi connectivity index (χ3v) is 5.57. The number of carbonyl (C=O) groups is 3. The van der Waals surface area contributed by atoms with E-state index in [2.05, 4.69) is 22.3 Å². The van der Waals surface area contributed by atoms with Gasteiger partial charge in [-0.2, -0.15) is 0 Å². The molecule has 4 rings (SSSR count). The van der Waals surface area contributed by atoms with Crippen molar-refractivity contribution in [2.45, 2.75) is 18.9 Å². The summed E-state index contributed by atoms with van der Waals surface area (Å²) in [4.78, 5) is 40.4. The number of hydrogen-bond acceptors (Lipinski definition) is 4. The summed E-state index contributed by atoms with van der Waals surface area (Å²) in [5.41, 5.74) is 2.21. The molecule has 2 aromatic carbocycles. The van der Waals surface area contributed by atoms with Crippen LogP contribution in [0.25, 0.3) is 0 Å². The first-order valence-corrected chi connectivity index (χ1v) is 9.60. The predicted molar refractivity (Wildman–Crippen MR) is 105 cm³/mol. The Kier molecular flexibility index (Phi) is 4.96. The lowest BCUT2D eigenvalue weighted by Crippen LogP contribution is -2.36. The molecule has 144 valence electrons. The molecule has 2 heterocycles. The highest BCUT2D eigenvalue weighted by Crippen LogP contribution is 2.25. The van der Waals surface area contributed by atoms with E-state index in [1.165, 1.54) is 31.5 Å². The lowest BCUT2D eigenvalue weighted by Gasteiger charge is -2.28. The van der Waals surface area contributed by atoms with Crippen LogP contribution in [0.2, 0.25) is 0 Å². The van der Waals surface area contributed by atoms with Crippen LogP contribution in [0.3, 0.4) is 0 Å². The zero-order chi connectivity index (χ0) is 19.7. The SMILES string of the molecule is CN1C(=O)c2ccc(C(=O)NC[C@@H](c3ccccc3)N3CCCC3)cc2C1=O. The normalized spacial score (nSPS) is 17.7. The lowest BCUT2D eigenvalue weighted by atomic mass is 10.0. The van der Waals surface area contributed by atoms with E-state index in [1.807, 2.05) is 18.2 Å². The Morgan fingerprint density at radius 1 is 1.00 bits per heavy atom. The molecule has 6 heteroatoms. The van der Waals surface area contributed by atoms with E-state index in [9.17, 15) is 14.4 Å². The van der Waals surface area contributed by atoms with Crippen LogP contribution in [-0.2, 0) is 0 Å². The number of carbonyl (C=O) groups excluding carboxylic acids is 3. The van der Waals surface area contributed by atoms with Crippen molar-refractivity contribution in [1.29, 1.82) is 0 Å². The van der Waals surface area contributed by atoms with Gasteiger partial charge >= 0.3 is 0 Å². The van der Waals surface area contributed by atoms with Gasteiger partial charge in [0.1, 0.15) is 0 Å². The van der Waals surface area contributed by atoms with Crippen LogP contribution < -0.4 is 5.32 Å². The topological polar surface area (TPSA) is 69.7 Å². The molecule has 0 radical (unpaired) electrons. The average Bonchev–Trinajstić information content (AvgIpc) is 3.33. The second-order valence-corrected chi connectivity index (χ2v) is 7.31. The maximum Gasteiger partial charge on any atom is 0.261 e. The molecular formula is C22H23N3O3. The van der Waals surface area contributed by atoms with Gasteiger partial charge in [0.25, 0.3) is 17.7 Å². The Morgan fingerprint density at radius 3 is 2.39 bits per heavy atom. The van der Waals surface area contributed by atoms with Crippen LogP contribution in [0, 0.1) is 0 Å². The molecular weight excluding hydrogens is 354 g/mol. The standard InChI is InChI=1S/C22H23N3O3/c1-24-21(27)17-10-9-16(13-18(17)22(24)28)20(26)23-14-19(25-11-5-6-12-25)15-7-3-2-4-8-15/h2-4,7-10,13,19H,5-6,11-12,14H2,1H3,(H,23,26)/t19-/m0/s1. The van der Waals surface area contributed by atoms with Gasteiger partial charge in [-0.1, -0.05) is 30.3 Å². The van der Waals surface area contributed by atoms with Gasteiger partial charge < -0.3 is 5.32 Å². The van der Waals surface area contributed by atoms with Crippen LogP contribution in [0.15, 0.2) is 48.5 Å². The Balaban J connectivity index is 1.50. The molecule has 28 heavy (non-hydrogen) atoms. The molecule has 2 aliphatic heterocycles. The zero-order valence-electron chi connectivity index (χ0n) is 15.9. The van der Waals surface area contributed by atoms with Gasteiger partial charge in [-0.3, -0.25) is 24.2 Å². The molecule has 2 aliphatic rings. The van der Waals surface area contributed by atoms with E-state index in [1.54, 1.807) is 12.1 Å². The average molecular weight is 377 g/mol. The largest absolute Gasteiger partial charge is 0.350 e. The monoisotopic (exact) mass is 377 g/mol. The summed E-state index contributed by atoms with van der Waals surface area (Å²) < 4.78 is 0. The molecule has 6 nitrogen and oxygen atoms in total. The van der Waals surface area contributed by atoms with Gasteiger partial charge in [0, 0.05) is 19.2 Å². The fourth-order valence-electron chi connectivity index (χ4n) is 3.98. The van der Waals surface area contributed by atoms with E-state index < -0.39 is 0 Å². The number of hydrogen-bond donors (Lipinski definition) is 1. The first-order valence-electron chi connectivity index (χ1n) is 9.60. The van der Waals surface area contributed by atoms with Crippen molar-refractivity contribution < 1.29 is 14.4 Å². The summed E-state index contributed by atoms with van der Waals surface area (Å²) >= 11 is 0. The third kappa shape index (κ3) is 3.31. The number of nitrogens with zero attached hydrogens (tertiary/aromatic N) is 2. The summed E-state index contributed by atoms with van der Waals surface area (Å²) in [5.74, 6) is -0.934. The second-order valence-electron chi connectivity index (χ2n) is 7.31. The van der Waals surface area contributed by atoms with Gasteiger partial charge in [0.15, 0.2) is 0 Å². The number of imide groups is 1. The Hall–Kier alpha value is -2.99. The van der Waals surface area contributed by atoms with Gasteiger partial charge in [0.2, 0.25) is 0 Å². The van der Waals surface area contributed by atoms with E-state index in [-0.39, 0.29) is 23.8 Å². The molecule has 1 atom stereocenters. The van der Waals surface area contributed by atoms with Gasteiger partial charge in [-0.05, 0) is 49.7 Å². The summed E-state index contributed by atoms with van der Waals surface area (Å²) in [5, 5.41) is 3.01. The van der Waals surface area contributed by atoms with E-state index in [0.29, 0.717) is 23.2 Å². The van der Waals surface area contributed by atoms with Crippen molar-refractivity contribution in [1.82, 2.24) is 15.1 Å². The number of benzene rings is 2. The summed E-state index contributed by atoms with van der Waals surface area (Å²) in [6.07, 6.45) is 2.34. The fraction of sp³-hybridized carbons (Fsp3) is 0.318. The molecule has 1 saturated heterocycles. The maximum atomic E-state index is 12.7. The van der Waals surface area contributed by atoms with Crippen molar-refractivity contribution in [2.24, 2.45) is 0 Å². The third-order valence-electron chi connectivity index (χ3n) is 5.57. The van der Waals surface area contributed by atoms with Crippen LogP contribution in [-0.4, -0.2) is 54.2 Å². The predicted octanol–water partition coefficient (Wildman–Crippen LogP) is 2.48. The minimum Gasteiger partial charge on any atom is -0.350 e. The highest BCUT2D eigenvalue weighted by molar-refractivity contribution is 6.21. The van der Waals surface area contributed by atoms with Crippen LogP contribution in [0.5, 0.6) is 0 Å². The van der Waals surface area contributed by atoms with Crippen molar-refractivity contribution in [2.75, 3.05) is 26.7 Å². The highest BCUT2D eigenvalue weighted by Gasteiger charge is 2.33. The Labute approximate surface area is 164 Å². The van der Waals surface area contributed by atoms with Gasteiger partial charge in [0.05, 0.1) is 17.2 Å². The molecule has 1 N–H and O–H groups in total. The number of rotatable bonds is 5. The smallest absolute Gasteiger partial charge is 0.261 e. The van der Waals surface area contributed by atoms with Crippen LogP contribution >= 0.6 is 0 Å². The molecule has 0 spiro atoms. The van der Waals surface area contributed by atoms with Gasteiger partial charge in [-0.25, -0.2) is 0 Å². The van der Waals surface area contributed by atoms with E-state index in [0.717, 1.165) is 18.0 Å². The molecule has 1 fully saturated rings. The molecule has 2 aromatic rings. The molecule has 0 aliphatic carbocycles. The molecule has 3 amide bonds. The number of amides is 3. The molecule has 0 saturated carbocycles. The summed E-state index contributed by atoms with van der Waals surface area (Å²) in [7, 11) is 1.45. The lowest BCUT2D eigenvalue weighted by molar-refractivity contribution is 0.0693. The van der Waals surface area contributed by atoms with E-state index in [4.69, 9.17) is 0 Å². The van der Waals surface area contributed by atoms with E-state index >= 15 is 0 Å². The quantitative estimate of drug-likeness (QED) is 0.813. The number of fused-ring (bicyclic) bond motifs is 1. The van der Waals surface area contributed by atoms with Crippen LogP contribution in [0.1, 0.15) is 55.5 Å². The number of likely N-dealkylation sites (tertiary alicyclic amines) is 1. The second kappa shape index (κ2) is 7.56. The molecule has 0 aromatic heterocycles. The number of nitrogens with one attached hydrogen (secondary N) is 1. The Bertz CT molecular complexity index is 920. The highest BCUT2D eigenvalue weighted by atomic mass is 16.2. The minimum absolute atomic E-state index is 0.122. The summed E-state index contributed by atoms with van der Waals surface area (Å²) in [6, 6.07) is 15.0. The molecule has 0 bridgehead atoms. The first-order chi connectivity index (χ1) is 13.6. The van der Waals surface area contributed by atoms with Crippen LogP contribution in [0.4, 0.5) is 0 Å². The Morgan fingerprint density at radius 2 is 1.68 bits per heavy atom. The van der Waals surface area contributed by atoms with Gasteiger partial charge in [-0.15, -0.1) is 0 Å². The van der Waals surface area contributed by atoms with Crippen molar-refractivity contribution in [3.63, 3.8) is 0 Å². The minimum atomic E-state index is -0.367. The first kappa shape index (κ1) is 18.4.